The van der Waals surface area contributed by atoms with Gasteiger partial charge < -0.3 is 15.5 Å². The van der Waals surface area contributed by atoms with E-state index in [1.54, 1.807) is 39.2 Å². The number of halogens is 2. The second-order valence-corrected chi connectivity index (χ2v) is 5.66. The molecule has 2 N–H and O–H groups in total. The zero-order valence-corrected chi connectivity index (χ0v) is 13.8. The quantitative estimate of drug-likeness (QED) is 0.841. The molecule has 2 amide bonds. The first-order valence-corrected chi connectivity index (χ1v) is 7.26. The van der Waals surface area contributed by atoms with Crippen LogP contribution in [0.25, 0.3) is 0 Å². The predicted molar refractivity (Wildman–Crippen MR) is 85.9 cm³/mol. The molecule has 0 aromatic heterocycles. The molecular formula is C14H19Cl2N3O2. The molecule has 0 saturated carbocycles. The van der Waals surface area contributed by atoms with Crippen molar-refractivity contribution in [1.29, 1.82) is 0 Å². The van der Waals surface area contributed by atoms with E-state index in [1.807, 2.05) is 0 Å². The lowest BCUT2D eigenvalue weighted by molar-refractivity contribution is -0.128. The van der Waals surface area contributed by atoms with Crippen molar-refractivity contribution >= 4 is 40.7 Å². The highest BCUT2D eigenvalue weighted by Crippen LogP contribution is 2.25. The minimum absolute atomic E-state index is 0.0309. The molecule has 0 fully saturated rings. The molecule has 0 aliphatic heterocycles. The third-order valence-electron chi connectivity index (χ3n) is 2.83. The standard InChI is InChI=1S/C14H19Cl2N3O2/c1-9(14(21)17-7-6-13(20)19(2)3)18-12-5-4-10(15)8-11(12)16/h4-5,8-9,18H,6-7H2,1-3H3,(H,17,21)/t9-/m0/s1. The number of amides is 2. The normalized spacial score (nSPS) is 11.7. The van der Waals surface area contributed by atoms with Gasteiger partial charge in [-0.05, 0) is 25.1 Å². The van der Waals surface area contributed by atoms with Crippen molar-refractivity contribution in [3.05, 3.63) is 28.2 Å². The molecule has 0 saturated heterocycles. The topological polar surface area (TPSA) is 61.4 Å². The van der Waals surface area contributed by atoms with Gasteiger partial charge in [0, 0.05) is 32.1 Å². The summed E-state index contributed by atoms with van der Waals surface area (Å²) in [5, 5.41) is 6.68. The first kappa shape index (κ1) is 17.6. The maximum Gasteiger partial charge on any atom is 0.242 e. The van der Waals surface area contributed by atoms with Gasteiger partial charge in [0.05, 0.1) is 10.7 Å². The van der Waals surface area contributed by atoms with Crippen LogP contribution in [0.1, 0.15) is 13.3 Å². The first-order valence-electron chi connectivity index (χ1n) is 6.50. The smallest absolute Gasteiger partial charge is 0.242 e. The van der Waals surface area contributed by atoms with Crippen LogP contribution in [-0.4, -0.2) is 43.4 Å². The van der Waals surface area contributed by atoms with E-state index < -0.39 is 6.04 Å². The van der Waals surface area contributed by atoms with Crippen LogP contribution in [0.4, 0.5) is 5.69 Å². The molecule has 0 heterocycles. The number of nitrogens with one attached hydrogen (secondary N) is 2. The Morgan fingerprint density at radius 2 is 1.95 bits per heavy atom. The second kappa shape index (κ2) is 8.10. The van der Waals surface area contributed by atoms with Crippen molar-refractivity contribution in [1.82, 2.24) is 10.2 Å². The number of rotatable bonds is 6. The van der Waals surface area contributed by atoms with E-state index in [0.29, 0.717) is 22.3 Å². The van der Waals surface area contributed by atoms with Gasteiger partial charge in [-0.2, -0.15) is 0 Å². The molecule has 0 bridgehead atoms. The fraction of sp³-hybridized carbons (Fsp3) is 0.429. The SMILES string of the molecule is C[C@H](Nc1ccc(Cl)cc1Cl)C(=O)NCCC(=O)N(C)C. The number of hydrogen-bond acceptors (Lipinski definition) is 3. The summed E-state index contributed by atoms with van der Waals surface area (Å²) in [4.78, 5) is 24.8. The minimum atomic E-state index is -0.474. The predicted octanol–water partition coefficient (Wildman–Crippen LogP) is 2.39. The van der Waals surface area contributed by atoms with E-state index >= 15 is 0 Å². The zero-order chi connectivity index (χ0) is 16.0. The van der Waals surface area contributed by atoms with Crippen molar-refractivity contribution in [2.45, 2.75) is 19.4 Å². The lowest BCUT2D eigenvalue weighted by Gasteiger charge is -2.17. The maximum atomic E-state index is 11.9. The van der Waals surface area contributed by atoms with Crippen molar-refractivity contribution in [2.75, 3.05) is 26.0 Å². The Morgan fingerprint density at radius 3 is 2.52 bits per heavy atom. The third-order valence-corrected chi connectivity index (χ3v) is 3.38. The second-order valence-electron chi connectivity index (χ2n) is 4.82. The van der Waals surface area contributed by atoms with Gasteiger partial charge in [-0.1, -0.05) is 23.2 Å². The van der Waals surface area contributed by atoms with Crippen LogP contribution in [-0.2, 0) is 9.59 Å². The Hall–Kier alpha value is -1.46. The monoisotopic (exact) mass is 331 g/mol. The van der Waals surface area contributed by atoms with Crippen LogP contribution in [0.5, 0.6) is 0 Å². The highest BCUT2D eigenvalue weighted by molar-refractivity contribution is 6.36. The Morgan fingerprint density at radius 1 is 1.29 bits per heavy atom. The molecule has 1 aromatic rings. The summed E-state index contributed by atoms with van der Waals surface area (Å²) in [6.45, 7) is 2.02. The lowest BCUT2D eigenvalue weighted by atomic mass is 10.2. The zero-order valence-electron chi connectivity index (χ0n) is 12.2. The van der Waals surface area contributed by atoms with E-state index in [9.17, 15) is 9.59 Å². The Bertz CT molecular complexity index is 521. The molecule has 1 rings (SSSR count). The summed E-state index contributed by atoms with van der Waals surface area (Å²) in [6, 6.07) is 4.53. The molecule has 21 heavy (non-hydrogen) atoms. The van der Waals surface area contributed by atoms with Gasteiger partial charge in [0.2, 0.25) is 11.8 Å². The van der Waals surface area contributed by atoms with Crippen LogP contribution < -0.4 is 10.6 Å². The number of nitrogens with zero attached hydrogens (tertiary/aromatic N) is 1. The van der Waals surface area contributed by atoms with E-state index in [2.05, 4.69) is 10.6 Å². The summed E-state index contributed by atoms with van der Waals surface area (Å²) in [5.41, 5.74) is 0.632. The number of benzene rings is 1. The largest absolute Gasteiger partial charge is 0.373 e. The molecule has 1 atom stereocenters. The van der Waals surface area contributed by atoms with E-state index in [0.717, 1.165) is 0 Å². The molecule has 0 unspecified atom stereocenters. The van der Waals surface area contributed by atoms with Crippen LogP contribution >= 0.6 is 23.2 Å². The summed E-state index contributed by atoms with van der Waals surface area (Å²) >= 11 is 11.8. The summed E-state index contributed by atoms with van der Waals surface area (Å²) in [5.74, 6) is -0.232. The fourth-order valence-corrected chi connectivity index (χ4v) is 2.04. The molecule has 7 heteroatoms. The number of carbonyl (C=O) groups excluding carboxylic acids is 2. The van der Waals surface area contributed by atoms with E-state index in [1.165, 1.54) is 4.90 Å². The highest BCUT2D eigenvalue weighted by atomic mass is 35.5. The molecule has 0 radical (unpaired) electrons. The maximum absolute atomic E-state index is 11.9. The number of hydrogen-bond donors (Lipinski definition) is 2. The van der Waals surface area contributed by atoms with Crippen molar-refractivity contribution in [3.63, 3.8) is 0 Å². The number of carbonyl (C=O) groups is 2. The van der Waals surface area contributed by atoms with Gasteiger partial charge in [-0.15, -0.1) is 0 Å². The van der Waals surface area contributed by atoms with E-state index in [-0.39, 0.29) is 18.2 Å². The van der Waals surface area contributed by atoms with Crippen molar-refractivity contribution < 1.29 is 9.59 Å². The van der Waals surface area contributed by atoms with Gasteiger partial charge in [0.25, 0.3) is 0 Å². The van der Waals surface area contributed by atoms with E-state index in [4.69, 9.17) is 23.2 Å². The van der Waals surface area contributed by atoms with Gasteiger partial charge in [-0.3, -0.25) is 9.59 Å². The van der Waals surface area contributed by atoms with Crippen LogP contribution in [0.2, 0.25) is 10.0 Å². The molecule has 5 nitrogen and oxygen atoms in total. The van der Waals surface area contributed by atoms with Gasteiger partial charge in [0.15, 0.2) is 0 Å². The Kier molecular flexibility index (Phi) is 6.78. The Labute approximate surface area is 134 Å². The first-order chi connectivity index (χ1) is 9.81. The minimum Gasteiger partial charge on any atom is -0.373 e. The van der Waals surface area contributed by atoms with Crippen LogP contribution in [0, 0.1) is 0 Å². The van der Waals surface area contributed by atoms with Crippen molar-refractivity contribution in [2.24, 2.45) is 0 Å². The molecular weight excluding hydrogens is 313 g/mol. The highest BCUT2D eigenvalue weighted by Gasteiger charge is 2.14. The molecule has 0 aliphatic carbocycles. The third kappa shape index (κ3) is 5.81. The fourth-order valence-electron chi connectivity index (χ4n) is 1.57. The van der Waals surface area contributed by atoms with Gasteiger partial charge in [0.1, 0.15) is 6.04 Å². The molecule has 0 spiro atoms. The summed E-state index contributed by atoms with van der Waals surface area (Å²) in [6.07, 6.45) is 0.271. The van der Waals surface area contributed by atoms with Crippen molar-refractivity contribution in [3.8, 4) is 0 Å². The summed E-state index contributed by atoms with van der Waals surface area (Å²) < 4.78 is 0. The van der Waals surface area contributed by atoms with Gasteiger partial charge >= 0.3 is 0 Å². The average molecular weight is 332 g/mol. The van der Waals surface area contributed by atoms with Gasteiger partial charge in [-0.25, -0.2) is 0 Å². The Balaban J connectivity index is 2.46. The number of anilines is 1. The molecule has 0 aliphatic rings. The van der Waals surface area contributed by atoms with Crippen LogP contribution in [0.15, 0.2) is 18.2 Å². The summed E-state index contributed by atoms with van der Waals surface area (Å²) in [7, 11) is 3.35. The molecule has 1 aromatic carbocycles. The van der Waals surface area contributed by atoms with Crippen LogP contribution in [0.3, 0.4) is 0 Å². The molecule has 116 valence electrons. The average Bonchev–Trinajstić information content (AvgIpc) is 2.41. The lowest BCUT2D eigenvalue weighted by Crippen LogP contribution is -2.39.